The van der Waals surface area contributed by atoms with Gasteiger partial charge >= 0.3 is 0 Å². The van der Waals surface area contributed by atoms with Gasteiger partial charge in [-0.15, -0.1) is 0 Å². The van der Waals surface area contributed by atoms with Crippen molar-refractivity contribution >= 4 is 15.9 Å². The van der Waals surface area contributed by atoms with Crippen LogP contribution < -0.4 is 0 Å². The third-order valence-electron chi connectivity index (χ3n) is 5.19. The summed E-state index contributed by atoms with van der Waals surface area (Å²) in [5.74, 6) is 0.00327. The van der Waals surface area contributed by atoms with Crippen LogP contribution in [0.3, 0.4) is 0 Å². The van der Waals surface area contributed by atoms with E-state index in [2.05, 4.69) is 6.92 Å². The van der Waals surface area contributed by atoms with Gasteiger partial charge in [0.2, 0.25) is 10.0 Å². The van der Waals surface area contributed by atoms with Crippen molar-refractivity contribution < 1.29 is 13.2 Å². The number of carbonyl (C=O) groups excluding carboxylic acids is 1. The summed E-state index contributed by atoms with van der Waals surface area (Å²) in [6.45, 7) is 4.04. The van der Waals surface area contributed by atoms with Gasteiger partial charge in [0.1, 0.15) is 0 Å². The van der Waals surface area contributed by atoms with E-state index in [0.29, 0.717) is 23.5 Å². The molecule has 1 aliphatic heterocycles. The van der Waals surface area contributed by atoms with Crippen molar-refractivity contribution in [3.8, 4) is 11.1 Å². The van der Waals surface area contributed by atoms with Crippen LogP contribution >= 0.6 is 0 Å². The lowest BCUT2D eigenvalue weighted by molar-refractivity contribution is 0.0793. The van der Waals surface area contributed by atoms with Crippen molar-refractivity contribution in [3.63, 3.8) is 0 Å². The molecule has 2 aromatic rings. The summed E-state index contributed by atoms with van der Waals surface area (Å²) in [6.07, 6.45) is 3.87. The number of hydrogen-bond acceptors (Lipinski definition) is 3. The Bertz CT molecular complexity index is 917. The smallest absolute Gasteiger partial charge is 0.253 e. The first kappa shape index (κ1) is 20.6. The van der Waals surface area contributed by atoms with Crippen LogP contribution in [0, 0.1) is 0 Å². The SMILES string of the molecule is CCCCN(C)C(=O)c1cccc(-c2ccc(S(=O)(=O)N3CCCC3)cc2)c1. The largest absolute Gasteiger partial charge is 0.342 e. The van der Waals surface area contributed by atoms with Crippen molar-refractivity contribution in [1.82, 2.24) is 9.21 Å². The van der Waals surface area contributed by atoms with Gasteiger partial charge in [0, 0.05) is 32.2 Å². The lowest BCUT2D eigenvalue weighted by Gasteiger charge is -2.17. The third kappa shape index (κ3) is 4.45. The van der Waals surface area contributed by atoms with E-state index in [-0.39, 0.29) is 5.91 Å². The van der Waals surface area contributed by atoms with Gasteiger partial charge in [0.25, 0.3) is 5.91 Å². The van der Waals surface area contributed by atoms with Crippen LogP contribution in [0.25, 0.3) is 11.1 Å². The molecule has 3 rings (SSSR count). The quantitative estimate of drug-likeness (QED) is 0.706. The number of amides is 1. The summed E-state index contributed by atoms with van der Waals surface area (Å²) < 4.78 is 26.9. The first-order valence-corrected chi connectivity index (χ1v) is 11.3. The van der Waals surface area contributed by atoms with Crippen LogP contribution in [0.4, 0.5) is 0 Å². The molecular weight excluding hydrogens is 372 g/mol. The Hall–Kier alpha value is -2.18. The Morgan fingerprint density at radius 2 is 1.71 bits per heavy atom. The molecule has 0 saturated carbocycles. The van der Waals surface area contributed by atoms with Gasteiger partial charge in [-0.1, -0.05) is 37.6 Å². The average Bonchev–Trinajstić information content (AvgIpc) is 3.27. The number of unbranched alkanes of at least 4 members (excludes halogenated alkanes) is 1. The van der Waals surface area contributed by atoms with Crippen LogP contribution in [0.15, 0.2) is 53.4 Å². The summed E-state index contributed by atoms with van der Waals surface area (Å²) in [4.78, 5) is 14.7. The van der Waals surface area contributed by atoms with E-state index in [4.69, 9.17) is 0 Å². The topological polar surface area (TPSA) is 57.7 Å². The van der Waals surface area contributed by atoms with E-state index in [1.54, 1.807) is 21.3 Å². The molecule has 1 aliphatic rings. The molecule has 1 fully saturated rings. The van der Waals surface area contributed by atoms with E-state index >= 15 is 0 Å². The second kappa shape index (κ2) is 8.88. The zero-order chi connectivity index (χ0) is 20.1. The van der Waals surface area contributed by atoms with Crippen molar-refractivity contribution in [2.75, 3.05) is 26.7 Å². The summed E-state index contributed by atoms with van der Waals surface area (Å²) in [7, 11) is -1.58. The molecule has 1 amide bonds. The average molecular weight is 401 g/mol. The molecule has 6 heteroatoms. The first-order valence-electron chi connectivity index (χ1n) is 9.89. The monoisotopic (exact) mass is 400 g/mol. The van der Waals surface area contributed by atoms with Gasteiger partial charge in [-0.2, -0.15) is 4.31 Å². The maximum absolute atomic E-state index is 12.7. The highest BCUT2D eigenvalue weighted by Gasteiger charge is 2.26. The zero-order valence-corrected chi connectivity index (χ0v) is 17.4. The van der Waals surface area contributed by atoms with Crippen LogP contribution in [-0.2, 0) is 10.0 Å². The lowest BCUT2D eigenvalue weighted by Crippen LogP contribution is -2.27. The fraction of sp³-hybridized carbons (Fsp3) is 0.409. The van der Waals surface area contributed by atoms with Crippen molar-refractivity contribution in [2.45, 2.75) is 37.5 Å². The third-order valence-corrected chi connectivity index (χ3v) is 7.11. The van der Waals surface area contributed by atoms with Gasteiger partial charge in [0.15, 0.2) is 0 Å². The summed E-state index contributed by atoms with van der Waals surface area (Å²) in [5.41, 5.74) is 2.44. The molecule has 5 nitrogen and oxygen atoms in total. The van der Waals surface area contributed by atoms with Crippen molar-refractivity contribution in [2.24, 2.45) is 0 Å². The molecule has 0 spiro atoms. The molecule has 1 saturated heterocycles. The number of benzene rings is 2. The Balaban J connectivity index is 1.80. The van der Waals surface area contributed by atoms with Gasteiger partial charge < -0.3 is 4.90 Å². The fourth-order valence-electron chi connectivity index (χ4n) is 3.45. The molecule has 1 heterocycles. The molecule has 0 aliphatic carbocycles. The van der Waals surface area contributed by atoms with Crippen LogP contribution in [0.1, 0.15) is 43.0 Å². The molecule has 0 atom stereocenters. The van der Waals surface area contributed by atoms with E-state index in [9.17, 15) is 13.2 Å². The van der Waals surface area contributed by atoms with Crippen LogP contribution in [-0.4, -0.2) is 50.2 Å². The molecule has 0 bridgehead atoms. The predicted molar refractivity (Wildman–Crippen MR) is 112 cm³/mol. The van der Waals surface area contributed by atoms with E-state index in [1.165, 1.54) is 0 Å². The Kier molecular flexibility index (Phi) is 6.52. The Morgan fingerprint density at radius 3 is 2.36 bits per heavy atom. The number of sulfonamides is 1. The number of nitrogens with zero attached hydrogens (tertiary/aromatic N) is 2. The Morgan fingerprint density at radius 1 is 1.04 bits per heavy atom. The molecular formula is C22H28N2O3S. The van der Waals surface area contributed by atoms with Crippen molar-refractivity contribution in [1.29, 1.82) is 0 Å². The number of hydrogen-bond donors (Lipinski definition) is 0. The van der Waals surface area contributed by atoms with Crippen LogP contribution in [0.5, 0.6) is 0 Å². The molecule has 150 valence electrons. The summed E-state index contributed by atoms with van der Waals surface area (Å²) in [5, 5.41) is 0. The minimum absolute atomic E-state index is 0.00327. The maximum atomic E-state index is 12.7. The lowest BCUT2D eigenvalue weighted by atomic mass is 10.0. The molecule has 0 radical (unpaired) electrons. The molecule has 0 N–H and O–H groups in total. The van der Waals surface area contributed by atoms with Gasteiger partial charge in [-0.3, -0.25) is 4.79 Å². The van der Waals surface area contributed by atoms with E-state index in [1.807, 2.05) is 43.4 Å². The van der Waals surface area contributed by atoms with Crippen molar-refractivity contribution in [3.05, 3.63) is 54.1 Å². The fourth-order valence-corrected chi connectivity index (χ4v) is 4.96. The molecule has 28 heavy (non-hydrogen) atoms. The zero-order valence-electron chi connectivity index (χ0n) is 16.6. The van der Waals surface area contributed by atoms with Crippen LogP contribution in [0.2, 0.25) is 0 Å². The standard InChI is InChI=1S/C22H28N2O3S/c1-3-4-14-23(2)22(25)20-9-7-8-19(17-20)18-10-12-21(13-11-18)28(26,27)24-15-5-6-16-24/h7-13,17H,3-6,14-16H2,1-2H3. The van der Waals surface area contributed by atoms with E-state index < -0.39 is 10.0 Å². The minimum Gasteiger partial charge on any atom is -0.342 e. The maximum Gasteiger partial charge on any atom is 0.253 e. The Labute approximate surface area is 168 Å². The summed E-state index contributed by atoms with van der Waals surface area (Å²) >= 11 is 0. The first-order chi connectivity index (χ1) is 13.4. The number of rotatable bonds is 7. The minimum atomic E-state index is -3.41. The second-order valence-electron chi connectivity index (χ2n) is 7.30. The highest BCUT2D eigenvalue weighted by molar-refractivity contribution is 7.89. The summed E-state index contributed by atoms with van der Waals surface area (Å²) in [6, 6.07) is 14.4. The van der Waals surface area contributed by atoms with Gasteiger partial charge in [-0.25, -0.2) is 8.42 Å². The predicted octanol–water partition coefficient (Wildman–Crippen LogP) is 4.01. The van der Waals surface area contributed by atoms with Gasteiger partial charge in [-0.05, 0) is 54.7 Å². The number of carbonyl (C=O) groups is 1. The normalized spacial score (nSPS) is 14.9. The molecule has 2 aromatic carbocycles. The second-order valence-corrected chi connectivity index (χ2v) is 9.23. The van der Waals surface area contributed by atoms with Gasteiger partial charge in [0.05, 0.1) is 4.90 Å². The molecule has 0 aromatic heterocycles. The molecule has 0 unspecified atom stereocenters. The highest BCUT2D eigenvalue weighted by atomic mass is 32.2. The highest BCUT2D eigenvalue weighted by Crippen LogP contribution is 2.25. The van der Waals surface area contributed by atoms with E-state index in [0.717, 1.165) is 43.4 Å².